The van der Waals surface area contributed by atoms with Crippen molar-refractivity contribution in [3.05, 3.63) is 11.8 Å². The monoisotopic (exact) mass is 352 g/mol. The molecule has 1 aromatic rings. The van der Waals surface area contributed by atoms with E-state index in [-0.39, 0.29) is 18.4 Å². The van der Waals surface area contributed by atoms with Gasteiger partial charge in [0, 0.05) is 25.6 Å². The molecular formula is C18H32N4O3. The predicted molar refractivity (Wildman–Crippen MR) is 98.4 cm³/mol. The summed E-state index contributed by atoms with van der Waals surface area (Å²) in [6.45, 7) is 5.22. The predicted octanol–water partition coefficient (Wildman–Crippen LogP) is 2.67. The van der Waals surface area contributed by atoms with Crippen molar-refractivity contribution in [2.45, 2.75) is 52.4 Å². The summed E-state index contributed by atoms with van der Waals surface area (Å²) in [6, 6.07) is 1.65. The molecule has 0 spiro atoms. The second-order valence-electron chi connectivity index (χ2n) is 6.65. The van der Waals surface area contributed by atoms with Crippen LogP contribution in [0.15, 0.2) is 10.6 Å². The van der Waals surface area contributed by atoms with Gasteiger partial charge in [-0.1, -0.05) is 37.8 Å². The number of nitrogens with zero attached hydrogens (tertiary/aromatic N) is 3. The number of aryl methyl sites for hydroxylation is 1. The van der Waals surface area contributed by atoms with Gasteiger partial charge < -0.3 is 19.6 Å². The molecule has 1 heterocycles. The zero-order valence-corrected chi connectivity index (χ0v) is 16.0. The minimum absolute atomic E-state index is 0.0323. The van der Waals surface area contributed by atoms with E-state index in [1.807, 2.05) is 19.0 Å². The lowest BCUT2D eigenvalue weighted by molar-refractivity contribution is -0.135. The lowest BCUT2D eigenvalue weighted by atomic mass is 10.1. The van der Waals surface area contributed by atoms with Gasteiger partial charge in [-0.2, -0.15) is 0 Å². The Bertz CT molecular complexity index is 528. The van der Waals surface area contributed by atoms with Crippen LogP contribution in [-0.2, 0) is 9.59 Å². The van der Waals surface area contributed by atoms with Crippen LogP contribution in [0, 0.1) is 6.92 Å². The molecule has 0 saturated carbocycles. The van der Waals surface area contributed by atoms with Gasteiger partial charge in [0.15, 0.2) is 5.82 Å². The average Bonchev–Trinajstić information content (AvgIpc) is 2.95. The van der Waals surface area contributed by atoms with E-state index in [1.54, 1.807) is 17.9 Å². The molecule has 7 heteroatoms. The third-order valence-electron chi connectivity index (χ3n) is 3.89. The average molecular weight is 352 g/mol. The quantitative estimate of drug-likeness (QED) is 0.585. The van der Waals surface area contributed by atoms with E-state index in [4.69, 9.17) is 4.52 Å². The molecule has 0 bridgehead atoms. The topological polar surface area (TPSA) is 78.7 Å². The molecule has 0 unspecified atom stereocenters. The Hall–Kier alpha value is -1.89. The number of amides is 2. The van der Waals surface area contributed by atoms with Crippen molar-refractivity contribution in [1.82, 2.24) is 15.0 Å². The lowest BCUT2D eigenvalue weighted by Gasteiger charge is -2.23. The number of rotatable bonds is 12. The van der Waals surface area contributed by atoms with Crippen molar-refractivity contribution in [3.8, 4) is 0 Å². The Labute approximate surface area is 150 Å². The number of likely N-dealkylation sites (N-methyl/N-ethyl adjacent to an activating group) is 1. The van der Waals surface area contributed by atoms with Crippen LogP contribution in [0.4, 0.5) is 5.82 Å². The third-order valence-corrected chi connectivity index (χ3v) is 3.89. The fraction of sp³-hybridized carbons (Fsp3) is 0.722. The van der Waals surface area contributed by atoms with Gasteiger partial charge in [0.1, 0.15) is 5.76 Å². The molecular weight excluding hydrogens is 320 g/mol. The largest absolute Gasteiger partial charge is 0.360 e. The first-order valence-electron chi connectivity index (χ1n) is 9.08. The number of nitrogens with one attached hydrogen (secondary N) is 1. The van der Waals surface area contributed by atoms with E-state index >= 15 is 0 Å². The van der Waals surface area contributed by atoms with Gasteiger partial charge in [-0.3, -0.25) is 9.59 Å². The van der Waals surface area contributed by atoms with Gasteiger partial charge >= 0.3 is 0 Å². The zero-order valence-electron chi connectivity index (χ0n) is 16.0. The normalized spacial score (nSPS) is 10.9. The molecule has 0 aromatic carbocycles. The summed E-state index contributed by atoms with van der Waals surface area (Å²) in [5.74, 6) is 0.779. The first kappa shape index (κ1) is 21.2. The molecule has 2 amide bonds. The molecule has 0 radical (unpaired) electrons. The molecule has 0 aliphatic carbocycles. The fourth-order valence-corrected chi connectivity index (χ4v) is 2.43. The molecule has 0 aliphatic rings. The lowest BCUT2D eigenvalue weighted by Crippen LogP contribution is -2.41. The van der Waals surface area contributed by atoms with Gasteiger partial charge in [-0.15, -0.1) is 0 Å². The number of anilines is 1. The molecule has 1 aromatic heterocycles. The van der Waals surface area contributed by atoms with Crippen molar-refractivity contribution in [2.75, 3.05) is 39.0 Å². The van der Waals surface area contributed by atoms with Crippen molar-refractivity contribution < 1.29 is 14.1 Å². The van der Waals surface area contributed by atoms with Crippen molar-refractivity contribution in [2.24, 2.45) is 0 Å². The summed E-state index contributed by atoms with van der Waals surface area (Å²) >= 11 is 0. The smallest absolute Gasteiger partial charge is 0.245 e. The number of unbranched alkanes of at least 4 members (excludes halogenated alkanes) is 4. The van der Waals surface area contributed by atoms with Crippen molar-refractivity contribution in [1.29, 1.82) is 0 Å². The number of hydrogen-bond donors (Lipinski definition) is 1. The van der Waals surface area contributed by atoms with Gasteiger partial charge in [0.25, 0.3) is 0 Å². The molecule has 1 N–H and O–H groups in total. The minimum Gasteiger partial charge on any atom is -0.360 e. The van der Waals surface area contributed by atoms with Gasteiger partial charge in [0.05, 0.1) is 6.54 Å². The Morgan fingerprint density at radius 2 is 1.88 bits per heavy atom. The van der Waals surface area contributed by atoms with E-state index in [0.717, 1.165) is 25.8 Å². The SMILES string of the molecule is CCCCCCCC(=O)N(CCN(C)C)CC(=O)Nc1cc(C)on1. The van der Waals surface area contributed by atoms with E-state index in [2.05, 4.69) is 17.4 Å². The fourth-order valence-electron chi connectivity index (χ4n) is 2.43. The highest BCUT2D eigenvalue weighted by molar-refractivity contribution is 5.93. The molecule has 7 nitrogen and oxygen atoms in total. The van der Waals surface area contributed by atoms with E-state index in [1.165, 1.54) is 12.8 Å². The molecule has 25 heavy (non-hydrogen) atoms. The summed E-state index contributed by atoms with van der Waals surface area (Å²) in [5.41, 5.74) is 0. The maximum absolute atomic E-state index is 12.5. The van der Waals surface area contributed by atoms with Gasteiger partial charge in [0.2, 0.25) is 11.8 Å². The van der Waals surface area contributed by atoms with Gasteiger partial charge in [-0.05, 0) is 27.4 Å². The summed E-state index contributed by atoms with van der Waals surface area (Å²) in [4.78, 5) is 28.3. The van der Waals surface area contributed by atoms with Crippen LogP contribution < -0.4 is 5.32 Å². The summed E-state index contributed by atoms with van der Waals surface area (Å²) in [5, 5.41) is 6.41. The molecule has 1 rings (SSSR count). The molecule has 0 aliphatic heterocycles. The van der Waals surface area contributed by atoms with Crippen LogP contribution in [0.25, 0.3) is 0 Å². The Morgan fingerprint density at radius 3 is 2.48 bits per heavy atom. The van der Waals surface area contributed by atoms with Crippen LogP contribution in [-0.4, -0.2) is 60.5 Å². The number of carbonyl (C=O) groups excluding carboxylic acids is 2. The van der Waals surface area contributed by atoms with E-state index < -0.39 is 0 Å². The maximum Gasteiger partial charge on any atom is 0.245 e. The van der Waals surface area contributed by atoms with E-state index in [9.17, 15) is 9.59 Å². The van der Waals surface area contributed by atoms with Crippen LogP contribution in [0.1, 0.15) is 51.2 Å². The molecule has 142 valence electrons. The van der Waals surface area contributed by atoms with Crippen LogP contribution in [0.5, 0.6) is 0 Å². The summed E-state index contributed by atoms with van der Waals surface area (Å²) in [6.07, 6.45) is 5.98. The number of carbonyl (C=O) groups is 2. The third kappa shape index (κ3) is 9.24. The Kier molecular flexibility index (Phi) is 9.84. The number of aromatic nitrogens is 1. The number of hydrogen-bond acceptors (Lipinski definition) is 5. The zero-order chi connectivity index (χ0) is 18.7. The first-order valence-corrected chi connectivity index (χ1v) is 9.08. The van der Waals surface area contributed by atoms with E-state index in [0.29, 0.717) is 24.5 Å². The Morgan fingerprint density at radius 1 is 1.16 bits per heavy atom. The highest BCUT2D eigenvalue weighted by Crippen LogP contribution is 2.09. The highest BCUT2D eigenvalue weighted by Gasteiger charge is 2.18. The highest BCUT2D eigenvalue weighted by atomic mass is 16.5. The molecule has 0 saturated heterocycles. The molecule has 0 atom stereocenters. The second kappa shape index (κ2) is 11.6. The standard InChI is InChI=1S/C18H32N4O3/c1-5-6-7-8-9-10-18(24)22(12-11-21(3)4)14-17(23)19-16-13-15(2)25-20-16/h13H,5-12,14H2,1-4H3,(H,19,20,23). The maximum atomic E-state index is 12.5. The van der Waals surface area contributed by atoms with Crippen molar-refractivity contribution in [3.63, 3.8) is 0 Å². The molecule has 0 fully saturated rings. The van der Waals surface area contributed by atoms with Gasteiger partial charge in [-0.25, -0.2) is 0 Å². The second-order valence-corrected chi connectivity index (χ2v) is 6.65. The van der Waals surface area contributed by atoms with Crippen LogP contribution in [0.3, 0.4) is 0 Å². The van der Waals surface area contributed by atoms with Crippen LogP contribution in [0.2, 0.25) is 0 Å². The summed E-state index contributed by atoms with van der Waals surface area (Å²) < 4.78 is 4.93. The van der Waals surface area contributed by atoms with Crippen LogP contribution >= 0.6 is 0 Å². The first-order chi connectivity index (χ1) is 11.9. The Balaban J connectivity index is 2.49. The van der Waals surface area contributed by atoms with Crippen molar-refractivity contribution >= 4 is 17.6 Å². The minimum atomic E-state index is -0.258. The summed E-state index contributed by atoms with van der Waals surface area (Å²) in [7, 11) is 3.90.